The van der Waals surface area contributed by atoms with Gasteiger partial charge in [-0.1, -0.05) is 30.3 Å². The molecular weight excluding hydrogens is 260 g/mol. The van der Waals surface area contributed by atoms with Gasteiger partial charge in [-0.05, 0) is 31.2 Å². The van der Waals surface area contributed by atoms with E-state index in [0.29, 0.717) is 0 Å². The third kappa shape index (κ3) is 3.13. The zero-order valence-corrected chi connectivity index (χ0v) is 12.4. The van der Waals surface area contributed by atoms with Crippen LogP contribution in [0.2, 0.25) is 0 Å². The Morgan fingerprint density at radius 3 is 2.14 bits per heavy atom. The second-order valence-electron chi connectivity index (χ2n) is 5.13. The van der Waals surface area contributed by atoms with Crippen molar-refractivity contribution in [2.24, 2.45) is 0 Å². The van der Waals surface area contributed by atoms with Crippen molar-refractivity contribution in [2.75, 3.05) is 36.0 Å². The molecule has 0 unspecified atom stereocenters. The van der Waals surface area contributed by atoms with E-state index in [1.54, 1.807) is 6.61 Å². The molecule has 0 aliphatic carbocycles. The summed E-state index contributed by atoms with van der Waals surface area (Å²) in [5, 5.41) is 0. The van der Waals surface area contributed by atoms with Gasteiger partial charge in [0.25, 0.3) is 0 Å². The van der Waals surface area contributed by atoms with E-state index in [1.165, 1.54) is 11.4 Å². The maximum Gasteiger partial charge on any atom is 0.143 e. The SMILES string of the molecule is C[CH]Oc1ccccc1N1CCN(c2ccccc2)CC1. The van der Waals surface area contributed by atoms with Crippen LogP contribution in [0.5, 0.6) is 5.75 Å². The number of para-hydroxylation sites is 3. The Labute approximate surface area is 126 Å². The highest BCUT2D eigenvalue weighted by molar-refractivity contribution is 5.60. The third-order valence-electron chi connectivity index (χ3n) is 3.85. The second kappa shape index (κ2) is 6.53. The molecule has 2 aromatic rings. The lowest BCUT2D eigenvalue weighted by Gasteiger charge is -2.37. The molecule has 0 saturated carbocycles. The lowest BCUT2D eigenvalue weighted by molar-refractivity contribution is 0.415. The minimum atomic E-state index is 0.938. The molecule has 2 aromatic carbocycles. The molecule has 1 aliphatic heterocycles. The van der Waals surface area contributed by atoms with Crippen molar-refractivity contribution in [2.45, 2.75) is 6.92 Å². The predicted molar refractivity (Wildman–Crippen MR) is 87.9 cm³/mol. The van der Waals surface area contributed by atoms with Crippen molar-refractivity contribution in [3.8, 4) is 5.75 Å². The minimum Gasteiger partial charge on any atom is -0.485 e. The van der Waals surface area contributed by atoms with Gasteiger partial charge in [-0.15, -0.1) is 0 Å². The van der Waals surface area contributed by atoms with Crippen LogP contribution in [-0.4, -0.2) is 26.2 Å². The fraction of sp³-hybridized carbons (Fsp3) is 0.278. The standard InChI is InChI=1S/C18H21N2O/c1-2-21-18-11-7-6-10-17(18)20-14-12-19(13-15-20)16-8-4-3-5-9-16/h2-11H,12-15H2,1H3. The second-order valence-corrected chi connectivity index (χ2v) is 5.13. The first-order valence-corrected chi connectivity index (χ1v) is 7.47. The van der Waals surface area contributed by atoms with E-state index >= 15 is 0 Å². The van der Waals surface area contributed by atoms with Crippen LogP contribution in [0.25, 0.3) is 0 Å². The van der Waals surface area contributed by atoms with Crippen molar-refractivity contribution in [1.29, 1.82) is 0 Å². The van der Waals surface area contributed by atoms with Crippen LogP contribution in [0.4, 0.5) is 11.4 Å². The summed E-state index contributed by atoms with van der Waals surface area (Å²) in [4.78, 5) is 4.84. The number of piperazine rings is 1. The van der Waals surface area contributed by atoms with Gasteiger partial charge in [-0.3, -0.25) is 0 Å². The number of anilines is 2. The van der Waals surface area contributed by atoms with E-state index in [2.05, 4.69) is 52.3 Å². The zero-order valence-electron chi connectivity index (χ0n) is 12.4. The van der Waals surface area contributed by atoms with E-state index in [4.69, 9.17) is 4.74 Å². The number of benzene rings is 2. The van der Waals surface area contributed by atoms with Gasteiger partial charge in [0.2, 0.25) is 0 Å². The molecule has 0 amide bonds. The summed E-state index contributed by atoms with van der Waals surface area (Å²) in [6.07, 6.45) is 0. The summed E-state index contributed by atoms with van der Waals surface area (Å²) in [6.45, 7) is 7.74. The maximum absolute atomic E-state index is 5.62. The van der Waals surface area contributed by atoms with Crippen molar-refractivity contribution in [3.63, 3.8) is 0 Å². The minimum absolute atomic E-state index is 0.938. The molecule has 1 aliphatic rings. The number of rotatable bonds is 4. The summed E-state index contributed by atoms with van der Waals surface area (Å²) in [6, 6.07) is 18.9. The Kier molecular flexibility index (Phi) is 4.29. The van der Waals surface area contributed by atoms with Gasteiger partial charge < -0.3 is 14.5 Å². The molecule has 1 radical (unpaired) electrons. The van der Waals surface area contributed by atoms with Crippen LogP contribution in [0.3, 0.4) is 0 Å². The molecular formula is C18H21N2O. The van der Waals surface area contributed by atoms with E-state index in [-0.39, 0.29) is 0 Å². The van der Waals surface area contributed by atoms with Gasteiger partial charge in [0.15, 0.2) is 0 Å². The van der Waals surface area contributed by atoms with Crippen molar-refractivity contribution in [3.05, 3.63) is 61.2 Å². The van der Waals surface area contributed by atoms with Crippen LogP contribution >= 0.6 is 0 Å². The lowest BCUT2D eigenvalue weighted by Crippen LogP contribution is -2.46. The number of ether oxygens (including phenoxy) is 1. The first-order chi connectivity index (χ1) is 10.4. The normalized spacial score (nSPS) is 15.1. The number of hydrogen-bond acceptors (Lipinski definition) is 3. The summed E-state index contributed by atoms with van der Waals surface area (Å²) >= 11 is 0. The van der Waals surface area contributed by atoms with Crippen LogP contribution in [0.15, 0.2) is 54.6 Å². The largest absolute Gasteiger partial charge is 0.485 e. The number of nitrogens with zero attached hydrogens (tertiary/aromatic N) is 2. The monoisotopic (exact) mass is 281 g/mol. The molecule has 3 rings (SSSR count). The molecule has 3 heteroatoms. The molecule has 0 bridgehead atoms. The molecule has 21 heavy (non-hydrogen) atoms. The molecule has 0 spiro atoms. The summed E-state index contributed by atoms with van der Waals surface area (Å²) in [7, 11) is 0. The number of hydrogen-bond donors (Lipinski definition) is 0. The van der Waals surface area contributed by atoms with E-state index in [1.807, 2.05) is 19.1 Å². The van der Waals surface area contributed by atoms with Gasteiger partial charge in [-0.25, -0.2) is 0 Å². The summed E-state index contributed by atoms with van der Waals surface area (Å²) < 4.78 is 5.62. The topological polar surface area (TPSA) is 15.7 Å². The highest BCUT2D eigenvalue weighted by Gasteiger charge is 2.19. The molecule has 1 heterocycles. The first kappa shape index (κ1) is 13.8. The van der Waals surface area contributed by atoms with Gasteiger partial charge >= 0.3 is 0 Å². The predicted octanol–water partition coefficient (Wildman–Crippen LogP) is 3.57. The Morgan fingerprint density at radius 1 is 0.810 bits per heavy atom. The Balaban J connectivity index is 1.69. The van der Waals surface area contributed by atoms with Crippen LogP contribution in [-0.2, 0) is 0 Å². The molecule has 1 fully saturated rings. The van der Waals surface area contributed by atoms with Gasteiger partial charge in [0, 0.05) is 31.9 Å². The van der Waals surface area contributed by atoms with Crippen LogP contribution in [0.1, 0.15) is 6.92 Å². The average Bonchev–Trinajstić information content (AvgIpc) is 2.57. The molecule has 0 N–H and O–H groups in total. The Hall–Kier alpha value is -2.16. The highest BCUT2D eigenvalue weighted by atomic mass is 16.5. The fourth-order valence-corrected chi connectivity index (χ4v) is 2.79. The van der Waals surface area contributed by atoms with Crippen molar-refractivity contribution >= 4 is 11.4 Å². The maximum atomic E-state index is 5.62. The summed E-state index contributed by atoms with van der Waals surface area (Å²) in [5.41, 5.74) is 2.49. The van der Waals surface area contributed by atoms with E-state index in [0.717, 1.165) is 31.9 Å². The third-order valence-corrected chi connectivity index (χ3v) is 3.85. The Bertz CT molecular complexity index is 562. The lowest BCUT2D eigenvalue weighted by atomic mass is 10.2. The molecule has 1 saturated heterocycles. The van der Waals surface area contributed by atoms with E-state index < -0.39 is 0 Å². The molecule has 0 aromatic heterocycles. The van der Waals surface area contributed by atoms with Crippen molar-refractivity contribution < 1.29 is 4.74 Å². The smallest absolute Gasteiger partial charge is 0.143 e. The van der Waals surface area contributed by atoms with E-state index in [9.17, 15) is 0 Å². The summed E-state index contributed by atoms with van der Waals surface area (Å²) in [5.74, 6) is 0.938. The van der Waals surface area contributed by atoms with Crippen LogP contribution in [0, 0.1) is 6.61 Å². The van der Waals surface area contributed by atoms with Gasteiger partial charge in [0.05, 0.1) is 5.69 Å². The average molecular weight is 281 g/mol. The highest BCUT2D eigenvalue weighted by Crippen LogP contribution is 2.29. The van der Waals surface area contributed by atoms with Crippen LogP contribution < -0.4 is 14.5 Å². The first-order valence-electron chi connectivity index (χ1n) is 7.47. The molecule has 109 valence electrons. The molecule has 3 nitrogen and oxygen atoms in total. The quantitative estimate of drug-likeness (QED) is 0.852. The zero-order chi connectivity index (χ0) is 14.5. The Morgan fingerprint density at radius 2 is 1.43 bits per heavy atom. The van der Waals surface area contributed by atoms with Crippen molar-refractivity contribution in [1.82, 2.24) is 0 Å². The van der Waals surface area contributed by atoms with Gasteiger partial charge in [-0.2, -0.15) is 0 Å². The molecule has 0 atom stereocenters. The fourth-order valence-electron chi connectivity index (χ4n) is 2.79. The van der Waals surface area contributed by atoms with Gasteiger partial charge in [0.1, 0.15) is 12.4 Å².